The number of rotatable bonds is 3. The van der Waals surface area contributed by atoms with E-state index in [-0.39, 0.29) is 22.2 Å². The van der Waals surface area contributed by atoms with Gasteiger partial charge in [-0.25, -0.2) is 9.97 Å². The van der Waals surface area contributed by atoms with Crippen molar-refractivity contribution < 1.29 is 9.53 Å². The molecule has 5 nitrogen and oxygen atoms in total. The quantitative estimate of drug-likeness (QED) is 0.698. The Labute approximate surface area is 119 Å². The molecule has 19 heavy (non-hydrogen) atoms. The van der Waals surface area contributed by atoms with E-state index in [1.54, 1.807) is 24.3 Å². The van der Waals surface area contributed by atoms with Crippen molar-refractivity contribution in [3.8, 4) is 5.75 Å². The van der Waals surface area contributed by atoms with Crippen molar-refractivity contribution in [3.05, 3.63) is 46.3 Å². The summed E-state index contributed by atoms with van der Waals surface area (Å²) in [6, 6.07) is 8.24. The Kier molecular flexibility index (Phi) is 4.19. The number of hydrogen-bond acceptors (Lipinski definition) is 4. The Morgan fingerprint density at radius 1 is 1.26 bits per heavy atom. The van der Waals surface area contributed by atoms with Gasteiger partial charge in [0, 0.05) is 6.07 Å². The lowest BCUT2D eigenvalue weighted by Crippen LogP contribution is -2.14. The highest BCUT2D eigenvalue weighted by molar-refractivity contribution is 6.32. The number of amides is 1. The molecule has 0 saturated carbocycles. The topological polar surface area (TPSA) is 64.1 Å². The Hall–Kier alpha value is -1.85. The lowest BCUT2D eigenvalue weighted by atomic mass is 10.2. The number of hydrogen-bond donors (Lipinski definition) is 1. The van der Waals surface area contributed by atoms with Gasteiger partial charge in [0.25, 0.3) is 5.91 Å². The van der Waals surface area contributed by atoms with E-state index in [9.17, 15) is 4.79 Å². The van der Waals surface area contributed by atoms with Gasteiger partial charge in [0.05, 0.1) is 12.7 Å². The number of nitrogens with zero attached hydrogens (tertiary/aromatic N) is 2. The highest BCUT2D eigenvalue weighted by Gasteiger charge is 2.13. The van der Waals surface area contributed by atoms with Gasteiger partial charge in [0.1, 0.15) is 16.7 Å². The van der Waals surface area contributed by atoms with Crippen LogP contribution in [0.4, 0.5) is 5.82 Å². The van der Waals surface area contributed by atoms with Gasteiger partial charge in [-0.05, 0) is 23.7 Å². The lowest BCUT2D eigenvalue weighted by molar-refractivity contribution is 0.102. The molecule has 1 heterocycles. The van der Waals surface area contributed by atoms with Gasteiger partial charge in [-0.15, -0.1) is 0 Å². The molecule has 98 valence electrons. The van der Waals surface area contributed by atoms with Gasteiger partial charge >= 0.3 is 0 Å². The van der Waals surface area contributed by atoms with Crippen molar-refractivity contribution in [1.82, 2.24) is 9.97 Å². The smallest absolute Gasteiger partial charge is 0.260 e. The third-order valence-electron chi connectivity index (χ3n) is 2.26. The van der Waals surface area contributed by atoms with Crippen LogP contribution in [0.25, 0.3) is 0 Å². The van der Waals surface area contributed by atoms with E-state index in [1.807, 2.05) is 0 Å². The number of ether oxygens (including phenoxy) is 1. The fraction of sp³-hybridized carbons (Fsp3) is 0.0833. The van der Waals surface area contributed by atoms with Crippen molar-refractivity contribution in [2.75, 3.05) is 12.4 Å². The molecular weight excluding hydrogens is 289 g/mol. The summed E-state index contributed by atoms with van der Waals surface area (Å²) in [6.45, 7) is 0. The van der Waals surface area contributed by atoms with Crippen LogP contribution in [-0.2, 0) is 0 Å². The number of carbonyl (C=O) groups excluding carboxylic acids is 1. The Bertz CT molecular complexity index is 599. The number of carbonyl (C=O) groups is 1. The maximum Gasteiger partial charge on any atom is 0.260 e. The van der Waals surface area contributed by atoms with Crippen molar-refractivity contribution in [1.29, 1.82) is 0 Å². The van der Waals surface area contributed by atoms with Crippen molar-refractivity contribution in [2.24, 2.45) is 0 Å². The summed E-state index contributed by atoms with van der Waals surface area (Å²) in [5.41, 5.74) is 0.385. The van der Waals surface area contributed by atoms with Crippen LogP contribution in [0.2, 0.25) is 10.4 Å². The first-order chi connectivity index (χ1) is 9.10. The summed E-state index contributed by atoms with van der Waals surface area (Å²) in [5, 5.41) is 2.69. The highest BCUT2D eigenvalue weighted by Crippen LogP contribution is 2.20. The standard InChI is InChI=1S/C12H9Cl2N3O2/c1-19-8-5-3-2-4-7(8)11(18)16-10-6-9(13)15-12(14)17-10/h2-6H,1H3,(H,15,16,17,18). The summed E-state index contributed by atoms with van der Waals surface area (Å²) in [7, 11) is 1.49. The molecule has 0 radical (unpaired) electrons. The fourth-order valence-corrected chi connectivity index (χ4v) is 1.88. The molecule has 1 aromatic heterocycles. The molecule has 0 atom stereocenters. The second kappa shape index (κ2) is 5.86. The summed E-state index contributed by atoms with van der Waals surface area (Å²) in [5.74, 6) is 0.315. The SMILES string of the molecule is COc1ccccc1C(=O)Nc1cc(Cl)nc(Cl)n1. The minimum absolute atomic E-state index is 0.0390. The molecule has 0 aliphatic carbocycles. The molecule has 0 saturated heterocycles. The fourth-order valence-electron chi connectivity index (χ4n) is 1.47. The van der Waals surface area contributed by atoms with E-state index in [2.05, 4.69) is 15.3 Å². The van der Waals surface area contributed by atoms with Crippen LogP contribution < -0.4 is 10.1 Å². The number of aromatic nitrogens is 2. The number of nitrogens with one attached hydrogen (secondary N) is 1. The molecule has 0 aliphatic heterocycles. The zero-order valence-corrected chi connectivity index (χ0v) is 11.4. The van der Waals surface area contributed by atoms with Crippen LogP contribution in [0, 0.1) is 0 Å². The van der Waals surface area contributed by atoms with Gasteiger partial charge in [0.2, 0.25) is 5.28 Å². The second-order valence-corrected chi connectivity index (χ2v) is 4.22. The molecule has 2 rings (SSSR count). The van der Waals surface area contributed by atoms with Crippen LogP contribution in [-0.4, -0.2) is 23.0 Å². The minimum atomic E-state index is -0.372. The summed E-state index contributed by atoms with van der Waals surface area (Å²) < 4.78 is 5.11. The molecule has 0 fully saturated rings. The van der Waals surface area contributed by atoms with Crippen molar-refractivity contribution >= 4 is 34.9 Å². The molecule has 7 heteroatoms. The average Bonchev–Trinajstić information content (AvgIpc) is 2.37. The van der Waals surface area contributed by atoms with E-state index in [0.717, 1.165) is 0 Å². The van der Waals surface area contributed by atoms with Gasteiger partial charge in [-0.3, -0.25) is 4.79 Å². The van der Waals surface area contributed by atoms with Gasteiger partial charge in [-0.1, -0.05) is 23.7 Å². The van der Waals surface area contributed by atoms with E-state index >= 15 is 0 Å². The second-order valence-electron chi connectivity index (χ2n) is 3.50. The van der Waals surface area contributed by atoms with E-state index < -0.39 is 0 Å². The van der Waals surface area contributed by atoms with Gasteiger partial charge < -0.3 is 10.1 Å². The van der Waals surface area contributed by atoms with Crippen molar-refractivity contribution in [3.63, 3.8) is 0 Å². The van der Waals surface area contributed by atoms with E-state index in [0.29, 0.717) is 11.3 Å². The molecule has 1 aromatic carbocycles. The Morgan fingerprint density at radius 2 is 2.00 bits per heavy atom. The maximum absolute atomic E-state index is 12.1. The molecule has 2 aromatic rings. The Morgan fingerprint density at radius 3 is 2.68 bits per heavy atom. The van der Waals surface area contributed by atoms with Crippen LogP contribution in [0.3, 0.4) is 0 Å². The van der Waals surface area contributed by atoms with E-state index in [1.165, 1.54) is 13.2 Å². The first kappa shape index (κ1) is 13.6. The average molecular weight is 298 g/mol. The molecule has 0 spiro atoms. The predicted molar refractivity (Wildman–Crippen MR) is 73.0 cm³/mol. The third kappa shape index (κ3) is 3.33. The zero-order valence-electron chi connectivity index (χ0n) is 9.85. The summed E-state index contributed by atoms with van der Waals surface area (Å²) >= 11 is 11.4. The van der Waals surface area contributed by atoms with Crippen LogP contribution in [0.1, 0.15) is 10.4 Å². The monoisotopic (exact) mass is 297 g/mol. The minimum Gasteiger partial charge on any atom is -0.496 e. The molecule has 0 aliphatic rings. The third-order valence-corrected chi connectivity index (χ3v) is 2.62. The first-order valence-corrected chi connectivity index (χ1v) is 6.00. The normalized spacial score (nSPS) is 10.1. The first-order valence-electron chi connectivity index (χ1n) is 5.24. The Balaban J connectivity index is 2.25. The number of para-hydroxylation sites is 1. The lowest BCUT2D eigenvalue weighted by Gasteiger charge is -2.08. The largest absolute Gasteiger partial charge is 0.496 e. The summed E-state index contributed by atoms with van der Waals surface area (Å²) in [6.07, 6.45) is 0. The molecular formula is C12H9Cl2N3O2. The van der Waals surface area contributed by atoms with Gasteiger partial charge in [0.15, 0.2) is 0 Å². The molecule has 0 bridgehead atoms. The molecule has 1 amide bonds. The van der Waals surface area contributed by atoms with Gasteiger partial charge in [-0.2, -0.15) is 0 Å². The number of anilines is 1. The summed E-state index contributed by atoms with van der Waals surface area (Å²) in [4.78, 5) is 19.6. The van der Waals surface area contributed by atoms with Crippen LogP contribution >= 0.6 is 23.2 Å². The van der Waals surface area contributed by atoms with Crippen molar-refractivity contribution in [2.45, 2.75) is 0 Å². The number of halogens is 2. The molecule has 0 unspecified atom stereocenters. The number of methoxy groups -OCH3 is 1. The van der Waals surface area contributed by atoms with Crippen LogP contribution in [0.15, 0.2) is 30.3 Å². The highest BCUT2D eigenvalue weighted by atomic mass is 35.5. The van der Waals surface area contributed by atoms with Crippen LogP contribution in [0.5, 0.6) is 5.75 Å². The maximum atomic E-state index is 12.1. The number of benzene rings is 1. The van der Waals surface area contributed by atoms with E-state index in [4.69, 9.17) is 27.9 Å². The predicted octanol–water partition coefficient (Wildman–Crippen LogP) is 3.04. The molecule has 1 N–H and O–H groups in total. The zero-order chi connectivity index (χ0) is 13.8.